The second kappa shape index (κ2) is 9.24. The zero-order valence-electron chi connectivity index (χ0n) is 16.5. The standard InChI is InChI=1S/C20H24N4O5/c1-22-9-11-23(12-10-22)16-5-3-15(4-6-16)21-20(25)14-29-17-7-8-18(24(26)27)19(13-17)28-2/h3-8,13H,9-12,14H2,1-2H3,(H,21,25). The smallest absolute Gasteiger partial charge is 0.311 e. The fourth-order valence-electron chi connectivity index (χ4n) is 3.06. The molecule has 1 saturated heterocycles. The van der Waals surface area contributed by atoms with Gasteiger partial charge in [0, 0.05) is 49.7 Å². The number of carbonyl (C=O) groups is 1. The third-order valence-electron chi connectivity index (χ3n) is 4.74. The molecular formula is C20H24N4O5. The number of rotatable bonds is 7. The van der Waals surface area contributed by atoms with Crippen molar-refractivity contribution in [2.24, 2.45) is 0 Å². The predicted octanol–water partition coefficient (Wildman–Crippen LogP) is 2.37. The van der Waals surface area contributed by atoms with Crippen LogP contribution in [0.2, 0.25) is 0 Å². The van der Waals surface area contributed by atoms with E-state index in [2.05, 4.69) is 22.2 Å². The maximum Gasteiger partial charge on any atom is 0.311 e. The van der Waals surface area contributed by atoms with Gasteiger partial charge in [-0.2, -0.15) is 0 Å². The second-order valence-corrected chi connectivity index (χ2v) is 6.76. The number of piperazine rings is 1. The summed E-state index contributed by atoms with van der Waals surface area (Å²) in [6.45, 7) is 3.80. The highest BCUT2D eigenvalue weighted by Gasteiger charge is 2.16. The number of hydrogen-bond donors (Lipinski definition) is 1. The quantitative estimate of drug-likeness (QED) is 0.563. The molecule has 1 heterocycles. The van der Waals surface area contributed by atoms with E-state index in [1.54, 1.807) is 0 Å². The van der Waals surface area contributed by atoms with Gasteiger partial charge >= 0.3 is 5.69 Å². The Balaban J connectivity index is 1.52. The van der Waals surface area contributed by atoms with Crippen LogP contribution < -0.4 is 19.7 Å². The molecule has 2 aromatic rings. The van der Waals surface area contributed by atoms with Gasteiger partial charge in [0.15, 0.2) is 6.61 Å². The number of nitro benzene ring substituents is 1. The molecule has 9 nitrogen and oxygen atoms in total. The molecule has 1 amide bonds. The summed E-state index contributed by atoms with van der Waals surface area (Å²) in [5, 5.41) is 13.7. The summed E-state index contributed by atoms with van der Waals surface area (Å²) in [5.41, 5.74) is 1.65. The molecule has 2 aromatic carbocycles. The Morgan fingerprint density at radius 3 is 2.45 bits per heavy atom. The largest absolute Gasteiger partial charge is 0.490 e. The molecule has 1 aliphatic rings. The Labute approximate surface area is 169 Å². The lowest BCUT2D eigenvalue weighted by Gasteiger charge is -2.34. The minimum Gasteiger partial charge on any atom is -0.490 e. The Morgan fingerprint density at radius 2 is 1.83 bits per heavy atom. The zero-order chi connectivity index (χ0) is 20.8. The van der Waals surface area contributed by atoms with Crippen LogP contribution in [0.15, 0.2) is 42.5 Å². The number of ether oxygens (including phenoxy) is 2. The number of nitrogens with zero attached hydrogens (tertiary/aromatic N) is 3. The molecule has 0 bridgehead atoms. The van der Waals surface area contributed by atoms with E-state index >= 15 is 0 Å². The van der Waals surface area contributed by atoms with Crippen molar-refractivity contribution < 1.29 is 19.2 Å². The molecule has 3 rings (SSSR count). The number of benzene rings is 2. The molecule has 1 N–H and O–H groups in total. The van der Waals surface area contributed by atoms with E-state index in [4.69, 9.17) is 9.47 Å². The van der Waals surface area contributed by atoms with Crippen LogP contribution in [0.4, 0.5) is 17.1 Å². The summed E-state index contributed by atoms with van der Waals surface area (Å²) < 4.78 is 10.4. The van der Waals surface area contributed by atoms with Crippen LogP contribution in [0.1, 0.15) is 0 Å². The van der Waals surface area contributed by atoms with Gasteiger partial charge in [0.1, 0.15) is 5.75 Å². The van der Waals surface area contributed by atoms with Gasteiger partial charge in [-0.05, 0) is 37.4 Å². The van der Waals surface area contributed by atoms with E-state index in [-0.39, 0.29) is 24.0 Å². The first kappa shape index (κ1) is 20.4. The summed E-state index contributed by atoms with van der Waals surface area (Å²) in [5.74, 6) is 0.0649. The van der Waals surface area contributed by atoms with Crippen molar-refractivity contribution in [3.05, 3.63) is 52.6 Å². The van der Waals surface area contributed by atoms with Crippen LogP contribution in [0.3, 0.4) is 0 Å². The number of nitro groups is 1. The molecule has 9 heteroatoms. The number of hydrogen-bond acceptors (Lipinski definition) is 7. The minimum absolute atomic E-state index is 0.0763. The highest BCUT2D eigenvalue weighted by Crippen LogP contribution is 2.30. The van der Waals surface area contributed by atoms with Gasteiger partial charge < -0.3 is 24.6 Å². The first-order valence-corrected chi connectivity index (χ1v) is 9.25. The summed E-state index contributed by atoms with van der Waals surface area (Å²) in [4.78, 5) is 27.1. The van der Waals surface area contributed by atoms with Crippen molar-refractivity contribution in [2.45, 2.75) is 0 Å². The van der Waals surface area contributed by atoms with E-state index < -0.39 is 4.92 Å². The van der Waals surface area contributed by atoms with E-state index in [0.717, 1.165) is 31.9 Å². The predicted molar refractivity (Wildman–Crippen MR) is 110 cm³/mol. The molecule has 0 radical (unpaired) electrons. The van der Waals surface area contributed by atoms with Crippen molar-refractivity contribution >= 4 is 23.0 Å². The molecular weight excluding hydrogens is 376 g/mol. The summed E-state index contributed by atoms with van der Waals surface area (Å²) in [7, 11) is 3.45. The van der Waals surface area contributed by atoms with Gasteiger partial charge in [0.25, 0.3) is 5.91 Å². The fourth-order valence-corrected chi connectivity index (χ4v) is 3.06. The maximum absolute atomic E-state index is 12.1. The van der Waals surface area contributed by atoms with Crippen molar-refractivity contribution in [1.82, 2.24) is 4.90 Å². The van der Waals surface area contributed by atoms with Gasteiger partial charge in [-0.25, -0.2) is 0 Å². The summed E-state index contributed by atoms with van der Waals surface area (Å²) >= 11 is 0. The molecule has 1 fully saturated rings. The van der Waals surface area contributed by atoms with E-state index in [0.29, 0.717) is 11.4 Å². The van der Waals surface area contributed by atoms with Crippen molar-refractivity contribution in [2.75, 3.05) is 57.2 Å². The highest BCUT2D eigenvalue weighted by molar-refractivity contribution is 5.92. The third kappa shape index (κ3) is 5.35. The van der Waals surface area contributed by atoms with Gasteiger partial charge in [0.2, 0.25) is 5.75 Å². The third-order valence-corrected chi connectivity index (χ3v) is 4.74. The van der Waals surface area contributed by atoms with Gasteiger partial charge in [0.05, 0.1) is 12.0 Å². The van der Waals surface area contributed by atoms with Crippen molar-refractivity contribution in [3.8, 4) is 11.5 Å². The van der Waals surface area contributed by atoms with Crippen LogP contribution in [0.25, 0.3) is 0 Å². The van der Waals surface area contributed by atoms with Crippen molar-refractivity contribution in [1.29, 1.82) is 0 Å². The average molecular weight is 400 g/mol. The molecule has 0 spiro atoms. The van der Waals surface area contributed by atoms with Crippen LogP contribution in [0.5, 0.6) is 11.5 Å². The molecule has 1 aliphatic heterocycles. The number of carbonyl (C=O) groups excluding carboxylic acids is 1. The van der Waals surface area contributed by atoms with Crippen LogP contribution in [0, 0.1) is 10.1 Å². The number of likely N-dealkylation sites (N-methyl/N-ethyl adjacent to an activating group) is 1. The molecule has 0 saturated carbocycles. The van der Waals surface area contributed by atoms with Gasteiger partial charge in [-0.1, -0.05) is 0 Å². The summed E-state index contributed by atoms with van der Waals surface area (Å²) in [6.07, 6.45) is 0. The average Bonchev–Trinajstić information content (AvgIpc) is 2.73. The number of nitrogens with one attached hydrogen (secondary N) is 1. The van der Waals surface area contributed by atoms with Crippen LogP contribution >= 0.6 is 0 Å². The Hall–Kier alpha value is -3.33. The van der Waals surface area contributed by atoms with E-state index in [1.807, 2.05) is 24.3 Å². The van der Waals surface area contributed by atoms with Gasteiger partial charge in [-0.15, -0.1) is 0 Å². The summed E-state index contributed by atoms with van der Waals surface area (Å²) in [6, 6.07) is 11.8. The highest BCUT2D eigenvalue weighted by atomic mass is 16.6. The monoisotopic (exact) mass is 400 g/mol. The molecule has 0 atom stereocenters. The Kier molecular flexibility index (Phi) is 6.50. The van der Waals surface area contributed by atoms with Crippen LogP contribution in [-0.4, -0.2) is 62.7 Å². The lowest BCUT2D eigenvalue weighted by atomic mass is 10.2. The maximum atomic E-state index is 12.1. The van der Waals surface area contributed by atoms with E-state index in [9.17, 15) is 14.9 Å². The number of amides is 1. The molecule has 0 aromatic heterocycles. The van der Waals surface area contributed by atoms with Crippen LogP contribution in [-0.2, 0) is 4.79 Å². The van der Waals surface area contributed by atoms with Crippen molar-refractivity contribution in [3.63, 3.8) is 0 Å². The van der Waals surface area contributed by atoms with E-state index in [1.165, 1.54) is 25.3 Å². The number of methoxy groups -OCH3 is 1. The van der Waals surface area contributed by atoms with Gasteiger partial charge in [-0.3, -0.25) is 14.9 Å². The topological polar surface area (TPSA) is 97.2 Å². The number of anilines is 2. The molecule has 0 unspecified atom stereocenters. The normalized spacial score (nSPS) is 14.3. The SMILES string of the molecule is COc1cc(OCC(=O)Nc2ccc(N3CCN(C)CC3)cc2)ccc1[N+](=O)[O-]. The lowest BCUT2D eigenvalue weighted by Crippen LogP contribution is -2.44. The Morgan fingerprint density at radius 1 is 1.14 bits per heavy atom. The minimum atomic E-state index is -0.541. The molecule has 154 valence electrons. The molecule has 29 heavy (non-hydrogen) atoms. The first-order valence-electron chi connectivity index (χ1n) is 9.25. The molecule has 0 aliphatic carbocycles. The fraction of sp³-hybridized carbons (Fsp3) is 0.350. The lowest BCUT2D eigenvalue weighted by molar-refractivity contribution is -0.385. The zero-order valence-corrected chi connectivity index (χ0v) is 16.5. The first-order chi connectivity index (χ1) is 14.0. The Bertz CT molecular complexity index is 864. The second-order valence-electron chi connectivity index (χ2n) is 6.76.